The lowest BCUT2D eigenvalue weighted by atomic mass is 9.80. The van der Waals surface area contributed by atoms with Crippen molar-refractivity contribution in [1.82, 2.24) is 5.32 Å². The van der Waals surface area contributed by atoms with Crippen molar-refractivity contribution >= 4 is 28.6 Å². The molecule has 0 saturated heterocycles. The van der Waals surface area contributed by atoms with Crippen molar-refractivity contribution in [1.29, 1.82) is 0 Å². The van der Waals surface area contributed by atoms with Gasteiger partial charge in [0, 0.05) is 22.3 Å². The van der Waals surface area contributed by atoms with Crippen LogP contribution in [0, 0.1) is 9.39 Å². The van der Waals surface area contributed by atoms with Gasteiger partial charge in [0.25, 0.3) is 0 Å². The second-order valence-corrected chi connectivity index (χ2v) is 8.35. The molecule has 0 amide bonds. The number of benzene rings is 2. The van der Waals surface area contributed by atoms with E-state index in [4.69, 9.17) is 9.47 Å². The monoisotopic (exact) mass is 521 g/mol. The molecule has 3 rings (SSSR count). The van der Waals surface area contributed by atoms with Crippen LogP contribution >= 0.6 is 22.6 Å². The van der Waals surface area contributed by atoms with Gasteiger partial charge in [-0.25, -0.2) is 9.18 Å². The van der Waals surface area contributed by atoms with Crippen LogP contribution in [0.2, 0.25) is 0 Å². The lowest BCUT2D eigenvalue weighted by Crippen LogP contribution is -2.32. The zero-order chi connectivity index (χ0) is 21.7. The standard InChI is InChI=1S/C24H25FINO3/c1-15-20(12-9-16-7-5-4-6-8-16)27-21(14-29-2)23(24(28)30-3)22(15)18-11-10-17(25)13-19(18)26/h4-8,10-11,13,22,27H,9,12,14H2,1-3H3. The van der Waals surface area contributed by atoms with Crippen molar-refractivity contribution in [2.24, 2.45) is 0 Å². The number of aryl methyl sites for hydroxylation is 1. The average Bonchev–Trinajstić information content (AvgIpc) is 2.74. The minimum Gasteiger partial charge on any atom is -0.466 e. The van der Waals surface area contributed by atoms with Gasteiger partial charge in [0.05, 0.1) is 25.0 Å². The van der Waals surface area contributed by atoms with Crippen LogP contribution in [0.5, 0.6) is 0 Å². The van der Waals surface area contributed by atoms with Gasteiger partial charge in [0.1, 0.15) is 5.82 Å². The number of nitrogens with one attached hydrogen (secondary N) is 1. The molecule has 1 aliphatic rings. The van der Waals surface area contributed by atoms with Gasteiger partial charge in [-0.15, -0.1) is 0 Å². The van der Waals surface area contributed by atoms with Crippen LogP contribution in [0.1, 0.15) is 30.4 Å². The van der Waals surface area contributed by atoms with Crippen LogP contribution in [0.4, 0.5) is 4.39 Å². The van der Waals surface area contributed by atoms with Gasteiger partial charge < -0.3 is 14.8 Å². The fourth-order valence-electron chi connectivity index (χ4n) is 3.82. The number of methoxy groups -OCH3 is 2. The molecular weight excluding hydrogens is 496 g/mol. The highest BCUT2D eigenvalue weighted by atomic mass is 127. The molecule has 4 nitrogen and oxygen atoms in total. The molecule has 0 fully saturated rings. The molecule has 1 unspecified atom stereocenters. The number of carbonyl (C=O) groups is 1. The predicted octanol–water partition coefficient (Wildman–Crippen LogP) is 5.10. The number of hydrogen-bond acceptors (Lipinski definition) is 4. The van der Waals surface area contributed by atoms with E-state index >= 15 is 0 Å². The lowest BCUT2D eigenvalue weighted by molar-refractivity contribution is -0.136. The number of halogens is 2. The van der Waals surface area contributed by atoms with Gasteiger partial charge in [-0.1, -0.05) is 36.4 Å². The van der Waals surface area contributed by atoms with Crippen LogP contribution in [0.3, 0.4) is 0 Å². The molecule has 0 saturated carbocycles. The third-order valence-electron chi connectivity index (χ3n) is 5.30. The zero-order valence-electron chi connectivity index (χ0n) is 17.3. The first-order valence-corrected chi connectivity index (χ1v) is 10.8. The highest BCUT2D eigenvalue weighted by Gasteiger charge is 2.35. The van der Waals surface area contributed by atoms with Gasteiger partial charge in [-0.3, -0.25) is 0 Å². The minimum atomic E-state index is -0.416. The molecule has 0 spiro atoms. The van der Waals surface area contributed by atoms with E-state index in [1.54, 1.807) is 13.2 Å². The van der Waals surface area contributed by atoms with E-state index in [0.29, 0.717) is 11.3 Å². The second-order valence-electron chi connectivity index (χ2n) is 7.19. The summed E-state index contributed by atoms with van der Waals surface area (Å²) in [5.41, 5.74) is 5.37. The smallest absolute Gasteiger partial charge is 0.336 e. The van der Waals surface area contributed by atoms with E-state index in [9.17, 15) is 9.18 Å². The van der Waals surface area contributed by atoms with Crippen molar-refractivity contribution < 1.29 is 18.7 Å². The van der Waals surface area contributed by atoms with Crippen LogP contribution in [-0.2, 0) is 20.7 Å². The Morgan fingerprint density at radius 3 is 2.47 bits per heavy atom. The maximum absolute atomic E-state index is 13.8. The van der Waals surface area contributed by atoms with Gasteiger partial charge in [0.15, 0.2) is 0 Å². The summed E-state index contributed by atoms with van der Waals surface area (Å²) in [5, 5.41) is 3.43. The normalized spacial score (nSPS) is 16.5. The summed E-state index contributed by atoms with van der Waals surface area (Å²) in [4.78, 5) is 12.8. The summed E-state index contributed by atoms with van der Waals surface area (Å²) in [6.07, 6.45) is 1.65. The first kappa shape index (κ1) is 22.5. The number of hydrogen-bond donors (Lipinski definition) is 1. The molecule has 1 aliphatic heterocycles. The lowest BCUT2D eigenvalue weighted by Gasteiger charge is -2.32. The molecule has 2 aromatic carbocycles. The van der Waals surface area contributed by atoms with Gasteiger partial charge in [-0.2, -0.15) is 0 Å². The molecule has 6 heteroatoms. The van der Waals surface area contributed by atoms with Crippen LogP contribution in [0.25, 0.3) is 0 Å². The Labute approximate surface area is 190 Å². The molecule has 1 atom stereocenters. The number of ether oxygens (including phenoxy) is 2. The quantitative estimate of drug-likeness (QED) is 0.407. The second kappa shape index (κ2) is 10.2. The Morgan fingerprint density at radius 1 is 1.10 bits per heavy atom. The van der Waals surface area contributed by atoms with Crippen LogP contribution < -0.4 is 5.32 Å². The minimum absolute atomic E-state index is 0.251. The molecule has 0 aromatic heterocycles. The molecule has 1 heterocycles. The maximum Gasteiger partial charge on any atom is 0.336 e. The zero-order valence-corrected chi connectivity index (χ0v) is 19.5. The molecule has 30 heavy (non-hydrogen) atoms. The number of dihydropyridines is 1. The average molecular weight is 521 g/mol. The Kier molecular flexibility index (Phi) is 7.66. The largest absolute Gasteiger partial charge is 0.466 e. The van der Waals surface area contributed by atoms with Gasteiger partial charge in [0.2, 0.25) is 0 Å². The van der Waals surface area contributed by atoms with E-state index in [1.165, 1.54) is 24.8 Å². The third-order valence-corrected chi connectivity index (χ3v) is 6.23. The van der Waals surface area contributed by atoms with Crippen molar-refractivity contribution in [2.75, 3.05) is 20.8 Å². The first-order valence-electron chi connectivity index (χ1n) is 9.72. The third kappa shape index (κ3) is 4.92. The van der Waals surface area contributed by atoms with E-state index in [0.717, 1.165) is 33.2 Å². The van der Waals surface area contributed by atoms with Crippen LogP contribution in [0.15, 0.2) is 71.1 Å². The molecule has 0 bridgehead atoms. The number of allylic oxidation sites excluding steroid dienone is 2. The molecule has 158 valence electrons. The Balaban J connectivity index is 2.07. The van der Waals surface area contributed by atoms with Crippen molar-refractivity contribution in [3.05, 3.63) is 91.6 Å². The number of carbonyl (C=O) groups excluding carboxylic acids is 1. The van der Waals surface area contributed by atoms with E-state index < -0.39 is 5.97 Å². The molecule has 0 radical (unpaired) electrons. The predicted molar refractivity (Wildman–Crippen MR) is 123 cm³/mol. The van der Waals surface area contributed by atoms with Gasteiger partial charge >= 0.3 is 5.97 Å². The fraction of sp³-hybridized carbons (Fsp3) is 0.292. The molecule has 2 aromatic rings. The Morgan fingerprint density at radius 2 is 1.83 bits per heavy atom. The Bertz CT molecular complexity index is 985. The van der Waals surface area contributed by atoms with Crippen molar-refractivity contribution in [3.8, 4) is 0 Å². The molecule has 1 N–H and O–H groups in total. The SMILES string of the molecule is COCC1=C(C(=O)OC)C(c2ccc(F)cc2I)C(C)=C(CCc2ccccc2)N1. The summed E-state index contributed by atoms with van der Waals surface area (Å²) in [6, 6.07) is 14.9. The molecule has 0 aliphatic carbocycles. The van der Waals surface area contributed by atoms with Crippen molar-refractivity contribution in [3.63, 3.8) is 0 Å². The van der Waals surface area contributed by atoms with E-state index in [2.05, 4.69) is 40.0 Å². The number of esters is 1. The maximum atomic E-state index is 13.8. The fourth-order valence-corrected chi connectivity index (χ4v) is 4.61. The van der Waals surface area contributed by atoms with Crippen molar-refractivity contribution in [2.45, 2.75) is 25.7 Å². The summed E-state index contributed by atoms with van der Waals surface area (Å²) in [5.74, 6) is -1.05. The van der Waals surface area contributed by atoms with E-state index in [-0.39, 0.29) is 18.3 Å². The first-order chi connectivity index (χ1) is 14.5. The molecular formula is C24H25FINO3. The highest BCUT2D eigenvalue weighted by Crippen LogP contribution is 2.41. The summed E-state index contributed by atoms with van der Waals surface area (Å²) in [6.45, 7) is 2.27. The summed E-state index contributed by atoms with van der Waals surface area (Å²) < 4.78 is 25.0. The topological polar surface area (TPSA) is 47.6 Å². The van der Waals surface area contributed by atoms with Gasteiger partial charge in [-0.05, 0) is 71.2 Å². The number of rotatable bonds is 7. The summed E-state index contributed by atoms with van der Waals surface area (Å²) >= 11 is 2.12. The van der Waals surface area contributed by atoms with Crippen LogP contribution in [-0.4, -0.2) is 26.8 Å². The highest BCUT2D eigenvalue weighted by molar-refractivity contribution is 14.1. The Hall–Kier alpha value is -2.19. The van der Waals surface area contributed by atoms with E-state index in [1.807, 2.05) is 25.1 Å². The summed E-state index contributed by atoms with van der Waals surface area (Å²) in [7, 11) is 2.96.